The van der Waals surface area contributed by atoms with Crippen molar-refractivity contribution >= 4 is 29.9 Å². The summed E-state index contributed by atoms with van der Waals surface area (Å²) in [6.07, 6.45) is 0.712. The number of hydrogen-bond acceptors (Lipinski definition) is 2. The largest absolute Gasteiger partial charge is 0.340 e. The summed E-state index contributed by atoms with van der Waals surface area (Å²) in [4.78, 5) is 13.7. The molecule has 0 fully saturated rings. The van der Waals surface area contributed by atoms with E-state index in [1.54, 1.807) is 11.9 Å². The monoisotopic (exact) mass is 304 g/mol. The van der Waals surface area contributed by atoms with Crippen LogP contribution in [0.4, 0.5) is 0 Å². The molecule has 0 aliphatic heterocycles. The molecular formula is C14H22Cl2N2O. The first kappa shape index (κ1) is 18.2. The number of amides is 1. The van der Waals surface area contributed by atoms with Crippen LogP contribution in [0, 0.1) is 5.92 Å². The van der Waals surface area contributed by atoms with Crippen LogP contribution in [0.25, 0.3) is 0 Å². The van der Waals surface area contributed by atoms with Crippen LogP contribution in [0.1, 0.15) is 25.8 Å². The van der Waals surface area contributed by atoms with Gasteiger partial charge >= 0.3 is 0 Å². The Bertz CT molecular complexity index is 393. The fourth-order valence-corrected chi connectivity index (χ4v) is 1.96. The molecule has 1 aromatic carbocycles. The summed E-state index contributed by atoms with van der Waals surface area (Å²) in [6.45, 7) is 4.68. The summed E-state index contributed by atoms with van der Waals surface area (Å²) < 4.78 is 0. The molecule has 0 aliphatic rings. The Hall–Kier alpha value is -0.770. The van der Waals surface area contributed by atoms with Gasteiger partial charge in [0.2, 0.25) is 5.91 Å². The molecule has 1 amide bonds. The van der Waals surface area contributed by atoms with Crippen molar-refractivity contribution in [2.75, 3.05) is 7.05 Å². The van der Waals surface area contributed by atoms with Gasteiger partial charge < -0.3 is 10.6 Å². The fraction of sp³-hybridized carbons (Fsp3) is 0.500. The van der Waals surface area contributed by atoms with E-state index in [9.17, 15) is 4.79 Å². The summed E-state index contributed by atoms with van der Waals surface area (Å²) in [5, 5.41) is 0.698. The second-order valence-corrected chi connectivity index (χ2v) is 5.49. The van der Waals surface area contributed by atoms with Gasteiger partial charge in [0.05, 0.1) is 6.04 Å². The minimum Gasteiger partial charge on any atom is -0.340 e. The number of halogens is 2. The normalized spacial score (nSPS) is 11.9. The Morgan fingerprint density at radius 2 is 1.84 bits per heavy atom. The SMILES string of the molecule is CC(C)C[C@H](N)C(=O)N(C)Cc1ccc(Cl)cc1.Cl. The fourth-order valence-electron chi connectivity index (χ4n) is 1.83. The van der Waals surface area contributed by atoms with E-state index in [1.807, 2.05) is 24.3 Å². The van der Waals surface area contributed by atoms with E-state index in [0.29, 0.717) is 23.9 Å². The minimum atomic E-state index is -0.415. The van der Waals surface area contributed by atoms with Gasteiger partial charge in [0.15, 0.2) is 0 Å². The molecule has 0 aliphatic carbocycles. The lowest BCUT2D eigenvalue weighted by molar-refractivity contribution is -0.132. The van der Waals surface area contributed by atoms with E-state index in [1.165, 1.54) is 0 Å². The zero-order valence-corrected chi connectivity index (χ0v) is 13.2. The number of benzene rings is 1. The van der Waals surface area contributed by atoms with Gasteiger partial charge in [-0.25, -0.2) is 0 Å². The average molecular weight is 305 g/mol. The van der Waals surface area contributed by atoms with Crippen molar-refractivity contribution in [1.82, 2.24) is 4.90 Å². The third kappa shape index (κ3) is 6.28. The van der Waals surface area contributed by atoms with Crippen molar-refractivity contribution in [2.24, 2.45) is 11.7 Å². The molecule has 0 heterocycles. The Morgan fingerprint density at radius 3 is 2.32 bits per heavy atom. The number of rotatable bonds is 5. The zero-order chi connectivity index (χ0) is 13.7. The summed E-state index contributed by atoms with van der Waals surface area (Å²) >= 11 is 5.82. The molecule has 0 aromatic heterocycles. The number of likely N-dealkylation sites (N-methyl/N-ethyl adjacent to an activating group) is 1. The molecule has 1 atom stereocenters. The molecule has 1 rings (SSSR count). The van der Waals surface area contributed by atoms with Crippen LogP contribution in [-0.2, 0) is 11.3 Å². The molecule has 0 unspecified atom stereocenters. The summed E-state index contributed by atoms with van der Waals surface area (Å²) in [7, 11) is 1.77. The van der Waals surface area contributed by atoms with E-state index in [4.69, 9.17) is 17.3 Å². The highest BCUT2D eigenvalue weighted by molar-refractivity contribution is 6.30. The quantitative estimate of drug-likeness (QED) is 0.908. The summed E-state index contributed by atoms with van der Waals surface area (Å²) in [5.41, 5.74) is 6.93. The van der Waals surface area contributed by atoms with Crippen LogP contribution in [-0.4, -0.2) is 23.9 Å². The predicted octanol–water partition coefficient (Wildman–Crippen LogP) is 3.09. The summed E-state index contributed by atoms with van der Waals surface area (Å²) in [6, 6.07) is 7.06. The zero-order valence-electron chi connectivity index (χ0n) is 11.6. The molecule has 3 nitrogen and oxygen atoms in total. The molecule has 0 saturated heterocycles. The van der Waals surface area contributed by atoms with Crippen LogP contribution < -0.4 is 5.73 Å². The third-order valence-electron chi connectivity index (χ3n) is 2.75. The molecule has 2 N–H and O–H groups in total. The molecule has 5 heteroatoms. The Balaban J connectivity index is 0.00000324. The van der Waals surface area contributed by atoms with Gasteiger partial charge in [0, 0.05) is 18.6 Å². The molecule has 19 heavy (non-hydrogen) atoms. The van der Waals surface area contributed by atoms with Gasteiger partial charge in [0.1, 0.15) is 0 Å². The van der Waals surface area contributed by atoms with E-state index >= 15 is 0 Å². The number of hydrogen-bond donors (Lipinski definition) is 1. The van der Waals surface area contributed by atoms with Crippen molar-refractivity contribution in [3.05, 3.63) is 34.9 Å². The van der Waals surface area contributed by atoms with Crippen molar-refractivity contribution < 1.29 is 4.79 Å². The van der Waals surface area contributed by atoms with Crippen LogP contribution in [0.5, 0.6) is 0 Å². The molecule has 0 spiro atoms. The van der Waals surface area contributed by atoms with E-state index in [0.717, 1.165) is 5.56 Å². The maximum Gasteiger partial charge on any atom is 0.239 e. The summed E-state index contributed by atoms with van der Waals surface area (Å²) in [5.74, 6) is 0.409. The number of carbonyl (C=O) groups excluding carboxylic acids is 1. The van der Waals surface area contributed by atoms with Gasteiger partial charge in [-0.05, 0) is 30.0 Å². The Kier molecular flexibility index (Phi) is 8.07. The number of nitrogens with two attached hydrogens (primary N) is 1. The molecule has 0 bridgehead atoms. The first-order chi connectivity index (χ1) is 8.40. The van der Waals surface area contributed by atoms with E-state index in [-0.39, 0.29) is 18.3 Å². The van der Waals surface area contributed by atoms with Crippen molar-refractivity contribution in [3.63, 3.8) is 0 Å². The molecule has 108 valence electrons. The molecule has 0 saturated carbocycles. The second-order valence-electron chi connectivity index (χ2n) is 5.06. The lowest BCUT2D eigenvalue weighted by Crippen LogP contribution is -2.42. The maximum atomic E-state index is 12.0. The van der Waals surface area contributed by atoms with Crippen LogP contribution in [0.15, 0.2) is 24.3 Å². The third-order valence-corrected chi connectivity index (χ3v) is 3.00. The van der Waals surface area contributed by atoms with E-state index < -0.39 is 6.04 Å². The van der Waals surface area contributed by atoms with Crippen molar-refractivity contribution in [3.8, 4) is 0 Å². The lowest BCUT2D eigenvalue weighted by Gasteiger charge is -2.22. The Labute approximate surface area is 126 Å². The maximum absolute atomic E-state index is 12.0. The first-order valence-corrected chi connectivity index (χ1v) is 6.53. The van der Waals surface area contributed by atoms with Crippen LogP contribution in [0.2, 0.25) is 5.02 Å². The highest BCUT2D eigenvalue weighted by Gasteiger charge is 2.18. The van der Waals surface area contributed by atoms with Gasteiger partial charge in [-0.1, -0.05) is 37.6 Å². The lowest BCUT2D eigenvalue weighted by atomic mass is 10.0. The second kappa shape index (κ2) is 8.41. The minimum absolute atomic E-state index is 0. The Morgan fingerprint density at radius 1 is 1.32 bits per heavy atom. The molecule has 1 aromatic rings. The van der Waals surface area contributed by atoms with Crippen LogP contribution >= 0.6 is 24.0 Å². The first-order valence-electron chi connectivity index (χ1n) is 6.15. The highest BCUT2D eigenvalue weighted by Crippen LogP contribution is 2.12. The number of carbonyl (C=O) groups is 1. The average Bonchev–Trinajstić information content (AvgIpc) is 2.30. The van der Waals surface area contributed by atoms with Crippen LogP contribution in [0.3, 0.4) is 0 Å². The molecule has 0 radical (unpaired) electrons. The van der Waals surface area contributed by atoms with Gasteiger partial charge in [-0.15, -0.1) is 12.4 Å². The van der Waals surface area contributed by atoms with Crippen molar-refractivity contribution in [2.45, 2.75) is 32.9 Å². The predicted molar refractivity (Wildman–Crippen MR) is 82.6 cm³/mol. The number of nitrogens with zero attached hydrogens (tertiary/aromatic N) is 1. The van der Waals surface area contributed by atoms with Crippen molar-refractivity contribution in [1.29, 1.82) is 0 Å². The standard InChI is InChI=1S/C14H21ClN2O.ClH/c1-10(2)8-13(16)14(18)17(3)9-11-4-6-12(15)7-5-11;/h4-7,10,13H,8-9,16H2,1-3H3;1H/t13-;/m0./s1. The smallest absolute Gasteiger partial charge is 0.239 e. The molecular weight excluding hydrogens is 283 g/mol. The van der Waals surface area contributed by atoms with E-state index in [2.05, 4.69) is 13.8 Å². The highest BCUT2D eigenvalue weighted by atomic mass is 35.5. The van der Waals surface area contributed by atoms with Gasteiger partial charge in [-0.3, -0.25) is 4.79 Å². The van der Waals surface area contributed by atoms with Gasteiger partial charge in [0.25, 0.3) is 0 Å². The topological polar surface area (TPSA) is 46.3 Å². The van der Waals surface area contributed by atoms with Gasteiger partial charge in [-0.2, -0.15) is 0 Å².